The van der Waals surface area contributed by atoms with Crippen molar-refractivity contribution in [2.24, 2.45) is 0 Å². The van der Waals surface area contributed by atoms with E-state index in [1.807, 2.05) is 24.3 Å². The first-order chi connectivity index (χ1) is 10.3. The van der Waals surface area contributed by atoms with Crippen molar-refractivity contribution in [3.8, 4) is 11.1 Å². The minimum Gasteiger partial charge on any atom is -0.462 e. The smallest absolute Gasteiger partial charge is 0.338 e. The topological polar surface area (TPSA) is 68.3 Å². The average molecular weight is 284 g/mol. The number of nitrogens with one attached hydrogen (secondary N) is 1. The molecule has 5 nitrogen and oxygen atoms in total. The molecule has 1 N–H and O–H groups in total. The standard InChI is InChI=1S/C16H16N2O3/c1-2-21-16(20)15-6-4-3-5-14(15)12-7-8-18-13(9-12)10-17-11-19/h3-9,11H,2,10H2,1H3,(H,17,19). The molecule has 2 rings (SSSR count). The molecule has 5 heteroatoms. The van der Waals surface area contributed by atoms with Crippen LogP contribution in [0.1, 0.15) is 23.0 Å². The Balaban J connectivity index is 2.37. The second-order valence-corrected chi connectivity index (χ2v) is 4.30. The first kappa shape index (κ1) is 14.7. The van der Waals surface area contributed by atoms with E-state index in [9.17, 15) is 9.59 Å². The lowest BCUT2D eigenvalue weighted by molar-refractivity contribution is -0.109. The summed E-state index contributed by atoms with van der Waals surface area (Å²) in [6, 6.07) is 10.9. The largest absolute Gasteiger partial charge is 0.462 e. The van der Waals surface area contributed by atoms with Crippen LogP contribution < -0.4 is 5.32 Å². The normalized spacial score (nSPS) is 9.95. The number of aromatic nitrogens is 1. The van der Waals surface area contributed by atoms with Gasteiger partial charge in [-0.3, -0.25) is 9.78 Å². The van der Waals surface area contributed by atoms with Crippen LogP contribution in [0.2, 0.25) is 0 Å². The SMILES string of the molecule is CCOC(=O)c1ccccc1-c1ccnc(CNC=O)c1. The van der Waals surface area contributed by atoms with Gasteiger partial charge in [0.2, 0.25) is 6.41 Å². The van der Waals surface area contributed by atoms with Crippen molar-refractivity contribution in [3.63, 3.8) is 0 Å². The van der Waals surface area contributed by atoms with Gasteiger partial charge in [-0.15, -0.1) is 0 Å². The predicted molar refractivity (Wildman–Crippen MR) is 78.5 cm³/mol. The lowest BCUT2D eigenvalue weighted by atomic mass is 10.00. The number of hydrogen-bond donors (Lipinski definition) is 1. The number of rotatable bonds is 6. The Kier molecular flexibility index (Phi) is 5.04. The van der Waals surface area contributed by atoms with Gasteiger partial charge in [0.1, 0.15) is 0 Å². The molecule has 0 bridgehead atoms. The Morgan fingerprint density at radius 3 is 2.90 bits per heavy atom. The van der Waals surface area contributed by atoms with Gasteiger partial charge in [0.25, 0.3) is 0 Å². The van der Waals surface area contributed by atoms with Crippen LogP contribution in [0.25, 0.3) is 11.1 Å². The van der Waals surface area contributed by atoms with Crippen LogP contribution >= 0.6 is 0 Å². The molecular formula is C16H16N2O3. The minimum atomic E-state index is -0.350. The highest BCUT2D eigenvalue weighted by atomic mass is 16.5. The third-order valence-electron chi connectivity index (χ3n) is 2.92. The molecule has 0 unspecified atom stereocenters. The van der Waals surface area contributed by atoms with E-state index in [1.165, 1.54) is 0 Å². The van der Waals surface area contributed by atoms with Crippen molar-refractivity contribution in [3.05, 3.63) is 53.9 Å². The van der Waals surface area contributed by atoms with E-state index < -0.39 is 0 Å². The van der Waals surface area contributed by atoms with Gasteiger partial charge in [0.05, 0.1) is 24.4 Å². The van der Waals surface area contributed by atoms with E-state index in [2.05, 4.69) is 10.3 Å². The molecule has 108 valence electrons. The quantitative estimate of drug-likeness (QED) is 0.652. The Labute approximate surface area is 123 Å². The van der Waals surface area contributed by atoms with Gasteiger partial charge < -0.3 is 10.1 Å². The number of carbonyl (C=O) groups excluding carboxylic acids is 2. The Morgan fingerprint density at radius 1 is 1.33 bits per heavy atom. The maximum atomic E-state index is 12.0. The second-order valence-electron chi connectivity index (χ2n) is 4.30. The number of hydrogen-bond acceptors (Lipinski definition) is 4. The van der Waals surface area contributed by atoms with Gasteiger partial charge in [-0.05, 0) is 36.2 Å². The van der Waals surface area contributed by atoms with Crippen LogP contribution in [0.5, 0.6) is 0 Å². The highest BCUT2D eigenvalue weighted by Crippen LogP contribution is 2.24. The van der Waals surface area contributed by atoms with Crippen molar-refractivity contribution < 1.29 is 14.3 Å². The van der Waals surface area contributed by atoms with Gasteiger partial charge in [0.15, 0.2) is 0 Å². The molecule has 1 aromatic carbocycles. The highest BCUT2D eigenvalue weighted by molar-refractivity contribution is 5.97. The van der Waals surface area contributed by atoms with Gasteiger partial charge in [-0.2, -0.15) is 0 Å². The summed E-state index contributed by atoms with van der Waals surface area (Å²) in [6.45, 7) is 2.45. The summed E-state index contributed by atoms with van der Waals surface area (Å²) < 4.78 is 5.07. The van der Waals surface area contributed by atoms with Crippen LogP contribution in [-0.2, 0) is 16.1 Å². The summed E-state index contributed by atoms with van der Waals surface area (Å²) in [5.41, 5.74) is 2.88. The fraction of sp³-hybridized carbons (Fsp3) is 0.188. The van der Waals surface area contributed by atoms with Gasteiger partial charge >= 0.3 is 5.97 Å². The summed E-state index contributed by atoms with van der Waals surface area (Å²) >= 11 is 0. The van der Waals surface area contributed by atoms with E-state index in [4.69, 9.17) is 4.74 Å². The molecule has 1 amide bonds. The fourth-order valence-corrected chi connectivity index (χ4v) is 2.01. The molecule has 0 fully saturated rings. The predicted octanol–water partition coefficient (Wildman–Crippen LogP) is 2.17. The monoisotopic (exact) mass is 284 g/mol. The van der Waals surface area contributed by atoms with E-state index in [1.54, 1.807) is 25.3 Å². The van der Waals surface area contributed by atoms with E-state index in [0.717, 1.165) is 16.8 Å². The molecule has 1 aromatic heterocycles. The molecule has 0 radical (unpaired) electrons. The number of ether oxygens (including phenoxy) is 1. The first-order valence-corrected chi connectivity index (χ1v) is 6.64. The third kappa shape index (κ3) is 3.66. The van der Waals surface area contributed by atoms with Crippen LogP contribution in [-0.4, -0.2) is 24.0 Å². The van der Waals surface area contributed by atoms with E-state index in [0.29, 0.717) is 25.1 Å². The van der Waals surface area contributed by atoms with Gasteiger partial charge in [-0.25, -0.2) is 4.79 Å². The summed E-state index contributed by atoms with van der Waals surface area (Å²) in [7, 11) is 0. The van der Waals surface area contributed by atoms with Gasteiger partial charge in [0, 0.05) is 6.20 Å². The van der Waals surface area contributed by atoms with Crippen molar-refractivity contribution in [2.75, 3.05) is 6.61 Å². The molecule has 0 aliphatic carbocycles. The Hall–Kier alpha value is -2.69. The van der Waals surface area contributed by atoms with Crippen molar-refractivity contribution in [2.45, 2.75) is 13.5 Å². The molecule has 0 saturated carbocycles. The minimum absolute atomic E-state index is 0.331. The zero-order chi connectivity index (χ0) is 15.1. The number of benzene rings is 1. The molecule has 0 spiro atoms. The number of pyridine rings is 1. The van der Waals surface area contributed by atoms with Crippen molar-refractivity contribution in [1.82, 2.24) is 10.3 Å². The number of carbonyl (C=O) groups is 2. The summed E-state index contributed by atoms with van der Waals surface area (Å²) in [5.74, 6) is -0.350. The Bertz CT molecular complexity index is 641. The van der Waals surface area contributed by atoms with Crippen LogP contribution in [0.4, 0.5) is 0 Å². The van der Waals surface area contributed by atoms with Crippen LogP contribution in [0.15, 0.2) is 42.6 Å². The lowest BCUT2D eigenvalue weighted by Crippen LogP contribution is -2.11. The molecule has 21 heavy (non-hydrogen) atoms. The molecule has 2 aromatic rings. The Morgan fingerprint density at radius 2 is 2.14 bits per heavy atom. The summed E-state index contributed by atoms with van der Waals surface area (Å²) in [4.78, 5) is 26.5. The zero-order valence-electron chi connectivity index (χ0n) is 11.7. The van der Waals surface area contributed by atoms with Crippen molar-refractivity contribution >= 4 is 12.4 Å². The number of esters is 1. The average Bonchev–Trinajstić information content (AvgIpc) is 2.53. The number of amides is 1. The van der Waals surface area contributed by atoms with Crippen LogP contribution in [0.3, 0.4) is 0 Å². The van der Waals surface area contributed by atoms with Gasteiger partial charge in [-0.1, -0.05) is 18.2 Å². The van der Waals surface area contributed by atoms with E-state index >= 15 is 0 Å². The second kappa shape index (κ2) is 7.19. The molecular weight excluding hydrogens is 268 g/mol. The fourth-order valence-electron chi connectivity index (χ4n) is 2.01. The molecule has 0 saturated heterocycles. The molecule has 0 atom stereocenters. The maximum Gasteiger partial charge on any atom is 0.338 e. The molecule has 0 aliphatic rings. The maximum absolute atomic E-state index is 12.0. The summed E-state index contributed by atoms with van der Waals surface area (Å²) in [5, 5.41) is 2.57. The van der Waals surface area contributed by atoms with Crippen molar-refractivity contribution in [1.29, 1.82) is 0 Å². The van der Waals surface area contributed by atoms with Crippen LogP contribution in [0, 0.1) is 0 Å². The molecule has 1 heterocycles. The molecule has 0 aliphatic heterocycles. The third-order valence-corrected chi connectivity index (χ3v) is 2.92. The lowest BCUT2D eigenvalue weighted by Gasteiger charge is -2.10. The highest BCUT2D eigenvalue weighted by Gasteiger charge is 2.13. The van der Waals surface area contributed by atoms with E-state index in [-0.39, 0.29) is 5.97 Å². The summed E-state index contributed by atoms with van der Waals surface area (Å²) in [6.07, 6.45) is 2.28. The first-order valence-electron chi connectivity index (χ1n) is 6.64. The zero-order valence-corrected chi connectivity index (χ0v) is 11.7. The number of nitrogens with zero attached hydrogens (tertiary/aromatic N) is 1.